The van der Waals surface area contributed by atoms with Gasteiger partial charge in [0.1, 0.15) is 17.3 Å². The van der Waals surface area contributed by atoms with Gasteiger partial charge in [0.2, 0.25) is 5.91 Å². The van der Waals surface area contributed by atoms with E-state index in [-0.39, 0.29) is 34.3 Å². The second kappa shape index (κ2) is 8.65. The Kier molecular flexibility index (Phi) is 5.50. The van der Waals surface area contributed by atoms with E-state index in [0.29, 0.717) is 22.2 Å². The molecule has 0 saturated carbocycles. The summed E-state index contributed by atoms with van der Waals surface area (Å²) < 4.78 is 16.2. The molecule has 1 atom stereocenters. The maximum absolute atomic E-state index is 13.3. The van der Waals surface area contributed by atoms with Crippen LogP contribution in [0.25, 0.3) is 16.7 Å². The van der Waals surface area contributed by atoms with Crippen molar-refractivity contribution in [2.45, 2.75) is 17.6 Å². The lowest BCUT2D eigenvalue weighted by atomic mass is 10.1. The van der Waals surface area contributed by atoms with Gasteiger partial charge in [0, 0.05) is 24.3 Å². The number of rotatable bonds is 5. The summed E-state index contributed by atoms with van der Waals surface area (Å²) >= 11 is 1.32. The number of hydrogen-bond acceptors (Lipinski definition) is 8. The molecular formula is C22H14FN7O4S. The van der Waals surface area contributed by atoms with Gasteiger partial charge in [-0.15, -0.1) is 0 Å². The van der Waals surface area contributed by atoms with E-state index >= 15 is 0 Å². The molecule has 4 aromatic rings. The molecule has 0 radical (unpaired) electrons. The van der Waals surface area contributed by atoms with Crippen LogP contribution < -0.4 is 10.9 Å². The molecule has 2 aromatic heterocycles. The van der Waals surface area contributed by atoms with E-state index in [9.17, 15) is 29.4 Å². The van der Waals surface area contributed by atoms with Crippen LogP contribution in [0.3, 0.4) is 0 Å². The minimum atomic E-state index is -0.627. The smallest absolute Gasteiger partial charge is 0.270 e. The van der Waals surface area contributed by atoms with Crippen LogP contribution in [0.1, 0.15) is 18.0 Å². The van der Waals surface area contributed by atoms with Crippen molar-refractivity contribution < 1.29 is 14.1 Å². The van der Waals surface area contributed by atoms with Crippen molar-refractivity contribution >= 4 is 40.1 Å². The van der Waals surface area contributed by atoms with Crippen LogP contribution in [0.2, 0.25) is 0 Å². The van der Waals surface area contributed by atoms with E-state index in [1.807, 2.05) is 6.07 Å². The highest BCUT2D eigenvalue weighted by molar-refractivity contribution is 7.99. The number of carbonyl (C=O) groups is 1. The second-order valence-electron chi connectivity index (χ2n) is 7.66. The number of anilines is 1. The molecule has 3 heterocycles. The van der Waals surface area contributed by atoms with Gasteiger partial charge < -0.3 is 5.32 Å². The van der Waals surface area contributed by atoms with Crippen molar-refractivity contribution in [2.75, 3.05) is 11.1 Å². The number of nitro benzene ring substituents is 1. The molecule has 1 unspecified atom stereocenters. The molecule has 11 nitrogen and oxygen atoms in total. The highest BCUT2D eigenvalue weighted by atomic mass is 32.2. The lowest BCUT2D eigenvalue weighted by Crippen LogP contribution is -2.28. The maximum atomic E-state index is 13.3. The molecule has 5 rings (SSSR count). The number of carbonyl (C=O) groups excluding carboxylic acids is 1. The van der Waals surface area contributed by atoms with Gasteiger partial charge in [0.25, 0.3) is 11.2 Å². The van der Waals surface area contributed by atoms with E-state index in [0.717, 1.165) is 6.07 Å². The third-order valence-electron chi connectivity index (χ3n) is 5.47. The van der Waals surface area contributed by atoms with Gasteiger partial charge in [-0.05, 0) is 30.3 Å². The molecular weight excluding hydrogens is 477 g/mol. The van der Waals surface area contributed by atoms with Crippen molar-refractivity contribution in [3.63, 3.8) is 0 Å². The number of hydrogen-bond donors (Lipinski definition) is 1. The molecule has 1 aliphatic rings. The van der Waals surface area contributed by atoms with Gasteiger partial charge >= 0.3 is 0 Å². The number of amides is 1. The number of nitriles is 1. The van der Waals surface area contributed by atoms with Crippen molar-refractivity contribution in [2.24, 2.45) is 0 Å². The van der Waals surface area contributed by atoms with Crippen molar-refractivity contribution in [1.29, 1.82) is 5.26 Å². The molecule has 2 aromatic carbocycles. The molecule has 1 amide bonds. The Morgan fingerprint density at radius 2 is 2.09 bits per heavy atom. The summed E-state index contributed by atoms with van der Waals surface area (Å²) in [6, 6.07) is 10.6. The Labute approximate surface area is 200 Å². The van der Waals surface area contributed by atoms with E-state index in [2.05, 4.69) is 15.4 Å². The van der Waals surface area contributed by atoms with Crippen LogP contribution in [-0.2, 0) is 4.79 Å². The Morgan fingerprint density at radius 1 is 1.31 bits per heavy atom. The Balaban J connectivity index is 1.41. The van der Waals surface area contributed by atoms with Gasteiger partial charge in [0.15, 0.2) is 10.8 Å². The fraction of sp³-hybridized carbons (Fsp3) is 0.136. The van der Waals surface area contributed by atoms with Gasteiger partial charge in [0.05, 0.1) is 34.1 Å². The number of fused-ring (bicyclic) bond motifs is 2. The zero-order valence-corrected chi connectivity index (χ0v) is 18.5. The summed E-state index contributed by atoms with van der Waals surface area (Å²) in [5, 5.41) is 27.7. The summed E-state index contributed by atoms with van der Waals surface area (Å²) in [5.41, 5.74) is 0.374. The number of non-ortho nitro benzene ring substituents is 1. The number of thioether (sulfide) groups is 1. The summed E-state index contributed by atoms with van der Waals surface area (Å²) in [6.45, 7) is 0. The molecule has 1 aliphatic heterocycles. The monoisotopic (exact) mass is 491 g/mol. The first-order valence-corrected chi connectivity index (χ1v) is 11.2. The molecule has 35 heavy (non-hydrogen) atoms. The first-order valence-electron chi connectivity index (χ1n) is 10.2. The predicted molar refractivity (Wildman–Crippen MR) is 124 cm³/mol. The van der Waals surface area contributed by atoms with E-state index < -0.39 is 22.7 Å². The molecule has 0 bridgehead atoms. The lowest BCUT2D eigenvalue weighted by Gasteiger charge is -2.14. The topological polar surface area (TPSA) is 149 Å². The number of nitrogens with zero attached hydrogens (tertiary/aromatic N) is 6. The first-order chi connectivity index (χ1) is 16.9. The number of halogens is 1. The van der Waals surface area contributed by atoms with E-state index in [4.69, 9.17) is 0 Å². The first kappa shape index (κ1) is 22.2. The van der Waals surface area contributed by atoms with Crippen LogP contribution >= 0.6 is 11.8 Å². The zero-order valence-electron chi connectivity index (χ0n) is 17.7. The molecule has 0 aliphatic carbocycles. The lowest BCUT2D eigenvalue weighted by molar-refractivity contribution is -0.384. The summed E-state index contributed by atoms with van der Waals surface area (Å²) in [5.74, 6) is -0.424. The van der Waals surface area contributed by atoms with E-state index in [1.165, 1.54) is 63.6 Å². The third kappa shape index (κ3) is 4.00. The quantitative estimate of drug-likeness (QED) is 0.254. The van der Waals surface area contributed by atoms with Crippen molar-refractivity contribution in [3.8, 4) is 11.8 Å². The summed E-state index contributed by atoms with van der Waals surface area (Å²) in [7, 11) is 0. The summed E-state index contributed by atoms with van der Waals surface area (Å²) in [6.07, 6.45) is 1.32. The van der Waals surface area contributed by atoms with Gasteiger partial charge in [-0.3, -0.25) is 24.3 Å². The van der Waals surface area contributed by atoms with Gasteiger partial charge in [-0.1, -0.05) is 11.8 Å². The highest BCUT2D eigenvalue weighted by Gasteiger charge is 2.30. The highest BCUT2D eigenvalue weighted by Crippen LogP contribution is 2.34. The Bertz CT molecular complexity index is 1610. The van der Waals surface area contributed by atoms with E-state index in [1.54, 1.807) is 0 Å². The molecule has 0 fully saturated rings. The minimum absolute atomic E-state index is 0.0394. The average Bonchev–Trinajstić information content (AvgIpc) is 3.44. The van der Waals surface area contributed by atoms with Crippen molar-refractivity contribution in [1.82, 2.24) is 19.3 Å². The van der Waals surface area contributed by atoms with Crippen molar-refractivity contribution in [3.05, 3.63) is 80.5 Å². The second-order valence-corrected chi connectivity index (χ2v) is 8.64. The molecule has 13 heteroatoms. The van der Waals surface area contributed by atoms with Gasteiger partial charge in [-0.2, -0.15) is 10.4 Å². The normalized spacial score (nSPS) is 14.5. The number of aromatic nitrogens is 4. The van der Waals surface area contributed by atoms with Crippen LogP contribution in [0, 0.1) is 27.3 Å². The maximum Gasteiger partial charge on any atom is 0.270 e. The fourth-order valence-corrected chi connectivity index (χ4v) is 4.95. The van der Waals surface area contributed by atoms with Crippen LogP contribution in [0.15, 0.2) is 58.6 Å². The average molecular weight is 491 g/mol. The van der Waals surface area contributed by atoms with Crippen LogP contribution in [0.4, 0.5) is 15.8 Å². The van der Waals surface area contributed by atoms with Crippen LogP contribution in [-0.4, -0.2) is 35.9 Å². The standard InChI is InChI=1S/C22H14FN7O4S/c23-13-1-3-14(4-2-13)29-20-17(10-25-29)21(32)28-16(11-35-22(28)27-20)8-19(31)26-18-6-5-15(30(33)34)7-12(18)9-24/h1-7,10,16H,8,11H2,(H,26,31). The predicted octanol–water partition coefficient (Wildman–Crippen LogP) is 3.18. The molecule has 0 spiro atoms. The number of nitrogens with one attached hydrogen (secondary N) is 1. The molecule has 0 saturated heterocycles. The molecule has 174 valence electrons. The molecule has 1 N–H and O–H groups in total. The Hall–Kier alpha value is -4.57. The minimum Gasteiger partial charge on any atom is -0.325 e. The SMILES string of the molecule is N#Cc1cc([N+](=O)[O-])ccc1NC(=O)CC1CSc2nc3c(cnn3-c3ccc(F)cc3)c(=O)n21. The number of benzene rings is 2. The zero-order chi connectivity index (χ0) is 24.7. The number of nitro groups is 1. The summed E-state index contributed by atoms with van der Waals surface area (Å²) in [4.78, 5) is 40.8. The largest absolute Gasteiger partial charge is 0.325 e. The third-order valence-corrected chi connectivity index (χ3v) is 6.57. The fourth-order valence-electron chi connectivity index (χ4n) is 3.81. The van der Waals surface area contributed by atoms with Crippen LogP contribution in [0.5, 0.6) is 0 Å². The van der Waals surface area contributed by atoms with Gasteiger partial charge in [-0.25, -0.2) is 14.1 Å². The Morgan fingerprint density at radius 3 is 2.80 bits per heavy atom.